The molecular weight excluding hydrogens is 204 g/mol. The van der Waals surface area contributed by atoms with E-state index in [2.05, 4.69) is 31.7 Å². The second kappa shape index (κ2) is 4.40. The minimum atomic E-state index is 0.402. The Kier molecular flexibility index (Phi) is 3.15. The number of carbonyl (C=O) groups is 1. The molecule has 1 fully saturated rings. The molecule has 0 radical (unpaired) electrons. The van der Waals surface area contributed by atoms with Crippen molar-refractivity contribution in [2.75, 3.05) is 0 Å². The molecule has 0 unspecified atom stereocenters. The number of hydrogen-bond donors (Lipinski definition) is 1. The second-order valence-corrected chi connectivity index (χ2v) is 4.88. The summed E-state index contributed by atoms with van der Waals surface area (Å²) in [4.78, 5) is 12.4. The summed E-state index contributed by atoms with van der Waals surface area (Å²) in [6, 6.07) is 6.27. The highest BCUT2D eigenvalue weighted by Gasteiger charge is 2.22. The van der Waals surface area contributed by atoms with Gasteiger partial charge < -0.3 is 0 Å². The second-order valence-electron chi connectivity index (χ2n) is 4.39. The first-order chi connectivity index (χ1) is 7.16. The highest BCUT2D eigenvalue weighted by Crippen LogP contribution is 2.34. The van der Waals surface area contributed by atoms with Crippen LogP contribution in [0.2, 0.25) is 0 Å². The molecule has 0 N–H and O–H groups in total. The summed E-state index contributed by atoms with van der Waals surface area (Å²) >= 11 is 4.47. The number of hydrogen-bond acceptors (Lipinski definition) is 2. The van der Waals surface area contributed by atoms with Crippen LogP contribution >= 0.6 is 12.6 Å². The first-order valence-electron chi connectivity index (χ1n) is 5.48. The maximum absolute atomic E-state index is 11.4. The van der Waals surface area contributed by atoms with Crippen molar-refractivity contribution in [2.45, 2.75) is 43.4 Å². The third kappa shape index (κ3) is 2.43. The van der Waals surface area contributed by atoms with Crippen molar-refractivity contribution in [3.8, 4) is 0 Å². The predicted molar refractivity (Wildman–Crippen MR) is 64.6 cm³/mol. The molecule has 0 heterocycles. The smallest absolute Gasteiger partial charge is 0.133 e. The van der Waals surface area contributed by atoms with Crippen molar-refractivity contribution in [1.29, 1.82) is 0 Å². The van der Waals surface area contributed by atoms with E-state index in [0.29, 0.717) is 18.1 Å². The maximum Gasteiger partial charge on any atom is 0.133 e. The van der Waals surface area contributed by atoms with Gasteiger partial charge in [0.15, 0.2) is 0 Å². The molecule has 0 spiro atoms. The van der Waals surface area contributed by atoms with Gasteiger partial charge in [0.25, 0.3) is 0 Å². The topological polar surface area (TPSA) is 17.1 Å². The van der Waals surface area contributed by atoms with Gasteiger partial charge in [-0.1, -0.05) is 17.7 Å². The van der Waals surface area contributed by atoms with Crippen LogP contribution < -0.4 is 0 Å². The van der Waals surface area contributed by atoms with Crippen LogP contribution in [0, 0.1) is 6.92 Å². The molecule has 1 nitrogen and oxygen atoms in total. The Morgan fingerprint density at radius 2 is 2.20 bits per heavy atom. The van der Waals surface area contributed by atoms with E-state index in [4.69, 9.17) is 0 Å². The Morgan fingerprint density at radius 3 is 2.93 bits per heavy atom. The fraction of sp³-hybridized carbons (Fsp3) is 0.462. The molecule has 0 saturated heterocycles. The van der Waals surface area contributed by atoms with Gasteiger partial charge in [-0.3, -0.25) is 4.79 Å². The van der Waals surface area contributed by atoms with Crippen LogP contribution in [0.25, 0.3) is 0 Å². The molecule has 0 aliphatic heterocycles. The lowest BCUT2D eigenvalue weighted by molar-refractivity contribution is -0.120. The van der Waals surface area contributed by atoms with Gasteiger partial charge in [-0.15, -0.1) is 12.6 Å². The molecule has 0 aromatic heterocycles. The number of carbonyl (C=O) groups excluding carboxylic acids is 1. The molecule has 0 bridgehead atoms. The molecule has 1 aromatic carbocycles. The fourth-order valence-corrected chi connectivity index (χ4v) is 2.61. The Balaban J connectivity index is 2.27. The highest BCUT2D eigenvalue weighted by atomic mass is 32.1. The first kappa shape index (κ1) is 10.7. The summed E-state index contributed by atoms with van der Waals surface area (Å²) in [7, 11) is 0. The van der Waals surface area contributed by atoms with E-state index in [1.165, 1.54) is 11.1 Å². The largest absolute Gasteiger partial charge is 0.300 e. The summed E-state index contributed by atoms with van der Waals surface area (Å²) in [5, 5.41) is 0. The monoisotopic (exact) mass is 220 g/mol. The molecular formula is C13H16OS. The van der Waals surface area contributed by atoms with Gasteiger partial charge in [0.2, 0.25) is 0 Å². The minimum absolute atomic E-state index is 0.402. The first-order valence-corrected chi connectivity index (χ1v) is 5.93. The average molecular weight is 220 g/mol. The maximum atomic E-state index is 11.4. The lowest BCUT2D eigenvalue weighted by Crippen LogP contribution is -2.13. The Hall–Kier alpha value is -0.760. The van der Waals surface area contributed by atoms with Gasteiger partial charge in [0.1, 0.15) is 5.78 Å². The minimum Gasteiger partial charge on any atom is -0.300 e. The summed E-state index contributed by atoms with van der Waals surface area (Å²) in [5.41, 5.74) is 2.51. The fourth-order valence-electron chi connectivity index (χ4n) is 2.29. The molecule has 15 heavy (non-hydrogen) atoms. The molecule has 1 aromatic rings. The van der Waals surface area contributed by atoms with Crippen LogP contribution in [-0.4, -0.2) is 5.78 Å². The van der Waals surface area contributed by atoms with Crippen molar-refractivity contribution >= 4 is 18.4 Å². The summed E-state index contributed by atoms with van der Waals surface area (Å²) < 4.78 is 0. The lowest BCUT2D eigenvalue weighted by atomic mass is 9.83. The Morgan fingerprint density at radius 1 is 1.40 bits per heavy atom. The summed E-state index contributed by atoms with van der Waals surface area (Å²) in [6.45, 7) is 2.08. The average Bonchev–Trinajstić information content (AvgIpc) is 2.22. The number of rotatable bonds is 1. The zero-order valence-electron chi connectivity index (χ0n) is 8.99. The van der Waals surface area contributed by atoms with Crippen molar-refractivity contribution in [3.63, 3.8) is 0 Å². The van der Waals surface area contributed by atoms with E-state index in [-0.39, 0.29) is 0 Å². The van der Waals surface area contributed by atoms with E-state index in [1.807, 2.05) is 6.07 Å². The number of thiol groups is 1. The number of ketones is 1. The van der Waals surface area contributed by atoms with Crippen LogP contribution in [0.4, 0.5) is 0 Å². The zero-order valence-corrected chi connectivity index (χ0v) is 9.89. The van der Waals surface area contributed by atoms with Crippen LogP contribution in [0.1, 0.15) is 42.7 Å². The van der Waals surface area contributed by atoms with E-state index >= 15 is 0 Å². The molecule has 1 saturated carbocycles. The van der Waals surface area contributed by atoms with Crippen LogP contribution in [0.3, 0.4) is 0 Å². The van der Waals surface area contributed by atoms with Crippen LogP contribution in [0.15, 0.2) is 23.1 Å². The number of aryl methyl sites for hydroxylation is 1. The molecule has 1 aliphatic rings. The van der Waals surface area contributed by atoms with Crippen molar-refractivity contribution in [2.24, 2.45) is 0 Å². The lowest BCUT2D eigenvalue weighted by Gasteiger charge is -2.22. The van der Waals surface area contributed by atoms with E-state index in [9.17, 15) is 4.79 Å². The van der Waals surface area contributed by atoms with Crippen molar-refractivity contribution in [3.05, 3.63) is 29.3 Å². The predicted octanol–water partition coefficient (Wildman–Crippen LogP) is 3.51. The van der Waals surface area contributed by atoms with Crippen molar-refractivity contribution in [1.82, 2.24) is 0 Å². The Bertz CT molecular complexity index is 384. The van der Waals surface area contributed by atoms with Crippen LogP contribution in [-0.2, 0) is 4.79 Å². The van der Waals surface area contributed by atoms with E-state index in [0.717, 1.165) is 24.2 Å². The van der Waals surface area contributed by atoms with Gasteiger partial charge in [-0.2, -0.15) is 0 Å². The van der Waals surface area contributed by atoms with Gasteiger partial charge >= 0.3 is 0 Å². The normalized spacial score (nSPS) is 21.7. The van der Waals surface area contributed by atoms with Gasteiger partial charge in [-0.25, -0.2) is 0 Å². The molecule has 2 heteroatoms. The third-order valence-corrected chi connectivity index (χ3v) is 3.51. The third-order valence-electron chi connectivity index (χ3n) is 3.11. The molecule has 2 rings (SSSR count). The SMILES string of the molecule is Cc1ccc(S)c([C@@H]2CCCC(=O)C2)c1. The molecule has 0 amide bonds. The van der Waals surface area contributed by atoms with Crippen molar-refractivity contribution < 1.29 is 4.79 Å². The molecule has 1 aliphatic carbocycles. The summed E-state index contributed by atoms with van der Waals surface area (Å²) in [6.07, 6.45) is 3.63. The standard InChI is InChI=1S/C13H16OS/c1-9-5-6-13(15)12(7-9)10-3-2-4-11(14)8-10/h5-7,10,15H,2-4,8H2,1H3/t10-/m1/s1. The highest BCUT2D eigenvalue weighted by molar-refractivity contribution is 7.80. The van der Waals surface area contributed by atoms with Crippen LogP contribution in [0.5, 0.6) is 0 Å². The zero-order chi connectivity index (χ0) is 10.8. The van der Waals surface area contributed by atoms with E-state index in [1.54, 1.807) is 0 Å². The van der Waals surface area contributed by atoms with Gasteiger partial charge in [-0.05, 0) is 37.3 Å². The van der Waals surface area contributed by atoms with Gasteiger partial charge in [0, 0.05) is 17.7 Å². The molecule has 80 valence electrons. The number of benzene rings is 1. The number of Topliss-reactive ketones (excluding diaryl/α,β-unsaturated/α-hetero) is 1. The van der Waals surface area contributed by atoms with E-state index < -0.39 is 0 Å². The van der Waals surface area contributed by atoms with Gasteiger partial charge in [0.05, 0.1) is 0 Å². The molecule has 1 atom stereocenters. The summed E-state index contributed by atoms with van der Waals surface area (Å²) in [5.74, 6) is 0.805. The quantitative estimate of drug-likeness (QED) is 0.717. The Labute approximate surface area is 96.3 Å².